The van der Waals surface area contributed by atoms with E-state index in [-0.39, 0.29) is 5.69 Å². The predicted molar refractivity (Wildman–Crippen MR) is 44.9 cm³/mol. The number of aryl methyl sites for hydroxylation is 1. The monoisotopic (exact) mass is 233 g/mol. The zero-order valence-corrected chi connectivity index (χ0v) is 8.34. The summed E-state index contributed by atoms with van der Waals surface area (Å²) in [6, 6.07) is 0. The van der Waals surface area contributed by atoms with E-state index in [4.69, 9.17) is 9.26 Å². The molecule has 0 bridgehead atoms. The van der Waals surface area contributed by atoms with Gasteiger partial charge in [-0.1, -0.05) is 5.16 Å². The van der Waals surface area contributed by atoms with Crippen molar-refractivity contribution in [2.75, 3.05) is 6.61 Å². The van der Waals surface area contributed by atoms with Crippen molar-refractivity contribution in [2.45, 2.75) is 13.8 Å². The summed E-state index contributed by atoms with van der Waals surface area (Å²) in [5.41, 5.74) is 0.189. The molecular weight excluding hydrogens is 226 g/mol. The fraction of sp³-hybridized carbons (Fsp3) is 0.429. The molecule has 12 heavy (non-hydrogen) atoms. The molecule has 0 spiro atoms. The zero-order chi connectivity index (χ0) is 9.14. The zero-order valence-electron chi connectivity index (χ0n) is 6.76. The second kappa shape index (κ2) is 3.71. The van der Waals surface area contributed by atoms with E-state index in [9.17, 15) is 4.79 Å². The summed E-state index contributed by atoms with van der Waals surface area (Å²) >= 11 is 3.16. The molecule has 1 heterocycles. The summed E-state index contributed by atoms with van der Waals surface area (Å²) in [6.45, 7) is 3.77. The maximum absolute atomic E-state index is 11.1. The molecule has 0 saturated heterocycles. The molecule has 0 aliphatic rings. The highest BCUT2D eigenvalue weighted by atomic mass is 79.9. The molecular formula is C7H8BrNO3. The normalized spacial score (nSPS) is 9.92. The molecule has 66 valence electrons. The van der Waals surface area contributed by atoms with E-state index in [1.807, 2.05) is 0 Å². The molecule has 0 aliphatic carbocycles. The van der Waals surface area contributed by atoms with Crippen molar-refractivity contribution < 1.29 is 14.1 Å². The second-order valence-corrected chi connectivity index (χ2v) is 2.91. The number of ether oxygens (including phenoxy) is 1. The topological polar surface area (TPSA) is 52.3 Å². The number of esters is 1. The van der Waals surface area contributed by atoms with Crippen LogP contribution in [0.1, 0.15) is 23.2 Å². The third-order valence-electron chi connectivity index (χ3n) is 1.26. The summed E-state index contributed by atoms with van der Waals surface area (Å²) in [6.07, 6.45) is 0. The van der Waals surface area contributed by atoms with Crippen molar-refractivity contribution in [2.24, 2.45) is 0 Å². The van der Waals surface area contributed by atoms with Crippen LogP contribution in [0.25, 0.3) is 0 Å². The Kier molecular flexibility index (Phi) is 2.86. The molecule has 0 N–H and O–H groups in total. The Hall–Kier alpha value is -0.840. The fourth-order valence-corrected chi connectivity index (χ4v) is 0.994. The summed E-state index contributed by atoms with van der Waals surface area (Å²) < 4.78 is 10.1. The van der Waals surface area contributed by atoms with Crippen molar-refractivity contribution in [3.05, 3.63) is 15.9 Å². The molecule has 0 atom stereocenters. The highest BCUT2D eigenvalue weighted by molar-refractivity contribution is 9.10. The van der Waals surface area contributed by atoms with Crippen LogP contribution in [0.4, 0.5) is 0 Å². The van der Waals surface area contributed by atoms with Gasteiger partial charge in [0.1, 0.15) is 5.76 Å². The Morgan fingerprint density at radius 1 is 1.75 bits per heavy atom. The first-order valence-electron chi connectivity index (χ1n) is 3.45. The molecule has 1 aromatic rings. The lowest BCUT2D eigenvalue weighted by Crippen LogP contribution is -2.05. The van der Waals surface area contributed by atoms with Crippen LogP contribution in [0.3, 0.4) is 0 Å². The van der Waals surface area contributed by atoms with Crippen LogP contribution >= 0.6 is 15.9 Å². The van der Waals surface area contributed by atoms with Crippen LogP contribution in [-0.2, 0) is 4.74 Å². The molecule has 0 aromatic carbocycles. The van der Waals surface area contributed by atoms with Gasteiger partial charge in [-0.15, -0.1) is 0 Å². The predicted octanol–water partition coefficient (Wildman–Crippen LogP) is 1.92. The van der Waals surface area contributed by atoms with Crippen molar-refractivity contribution in [3.63, 3.8) is 0 Å². The average molecular weight is 234 g/mol. The van der Waals surface area contributed by atoms with Gasteiger partial charge in [0, 0.05) is 0 Å². The third-order valence-corrected chi connectivity index (χ3v) is 2.19. The van der Waals surface area contributed by atoms with E-state index < -0.39 is 5.97 Å². The Balaban J connectivity index is 2.88. The van der Waals surface area contributed by atoms with Gasteiger partial charge in [-0.25, -0.2) is 4.79 Å². The first-order chi connectivity index (χ1) is 5.66. The van der Waals surface area contributed by atoms with Crippen LogP contribution in [-0.4, -0.2) is 17.7 Å². The summed E-state index contributed by atoms with van der Waals surface area (Å²) in [5.74, 6) is 0.0966. The van der Waals surface area contributed by atoms with Crippen molar-refractivity contribution in [1.29, 1.82) is 0 Å². The van der Waals surface area contributed by atoms with Crippen LogP contribution in [0.2, 0.25) is 0 Å². The molecule has 4 nitrogen and oxygen atoms in total. The third kappa shape index (κ3) is 1.66. The molecule has 0 unspecified atom stereocenters. The van der Waals surface area contributed by atoms with Gasteiger partial charge in [0.05, 0.1) is 11.1 Å². The molecule has 1 rings (SSSR count). The number of halogens is 1. The summed E-state index contributed by atoms with van der Waals surface area (Å²) in [4.78, 5) is 11.1. The number of carbonyl (C=O) groups is 1. The van der Waals surface area contributed by atoms with Crippen molar-refractivity contribution >= 4 is 21.9 Å². The number of carbonyl (C=O) groups excluding carboxylic acids is 1. The van der Waals surface area contributed by atoms with Gasteiger partial charge in [-0.3, -0.25) is 0 Å². The Morgan fingerprint density at radius 2 is 2.42 bits per heavy atom. The molecule has 5 heteroatoms. The smallest absolute Gasteiger partial charge is 0.361 e. The van der Waals surface area contributed by atoms with Gasteiger partial charge in [0.25, 0.3) is 0 Å². The van der Waals surface area contributed by atoms with Gasteiger partial charge < -0.3 is 9.26 Å². The van der Waals surface area contributed by atoms with Gasteiger partial charge in [0.2, 0.25) is 5.69 Å². The molecule has 1 aromatic heterocycles. The molecule has 0 aliphatic heterocycles. The minimum absolute atomic E-state index is 0.189. The van der Waals surface area contributed by atoms with Crippen molar-refractivity contribution in [3.8, 4) is 0 Å². The summed E-state index contributed by atoms with van der Waals surface area (Å²) in [5, 5.41) is 3.54. The van der Waals surface area contributed by atoms with Crippen LogP contribution < -0.4 is 0 Å². The standard InChI is InChI=1S/C7H8BrNO3/c1-3-11-7(10)6-5(8)4(2)12-9-6/h3H2,1-2H3. The maximum atomic E-state index is 11.1. The first kappa shape index (κ1) is 9.25. The highest BCUT2D eigenvalue weighted by Gasteiger charge is 2.18. The van der Waals surface area contributed by atoms with Gasteiger partial charge in [0.15, 0.2) is 0 Å². The van der Waals surface area contributed by atoms with E-state index in [0.717, 1.165) is 0 Å². The van der Waals surface area contributed by atoms with Gasteiger partial charge in [-0.05, 0) is 29.8 Å². The minimum Gasteiger partial charge on any atom is -0.461 e. The number of aromatic nitrogens is 1. The Bertz CT molecular complexity index is 295. The molecule has 0 saturated carbocycles. The quantitative estimate of drug-likeness (QED) is 0.733. The lowest BCUT2D eigenvalue weighted by atomic mass is 10.4. The minimum atomic E-state index is -0.471. The van der Waals surface area contributed by atoms with Gasteiger partial charge >= 0.3 is 5.97 Å². The second-order valence-electron chi connectivity index (χ2n) is 2.12. The lowest BCUT2D eigenvalue weighted by molar-refractivity contribution is 0.0513. The fourth-order valence-electron chi connectivity index (χ4n) is 0.687. The van der Waals surface area contributed by atoms with Crippen molar-refractivity contribution in [1.82, 2.24) is 5.16 Å². The number of hydrogen-bond donors (Lipinski definition) is 0. The van der Waals surface area contributed by atoms with Crippen LogP contribution in [0, 0.1) is 6.92 Å². The largest absolute Gasteiger partial charge is 0.461 e. The van der Waals surface area contributed by atoms with Gasteiger partial charge in [-0.2, -0.15) is 0 Å². The van der Waals surface area contributed by atoms with E-state index in [0.29, 0.717) is 16.8 Å². The van der Waals surface area contributed by atoms with E-state index in [1.54, 1.807) is 13.8 Å². The average Bonchev–Trinajstić information content (AvgIpc) is 2.34. The highest BCUT2D eigenvalue weighted by Crippen LogP contribution is 2.20. The van der Waals surface area contributed by atoms with E-state index in [2.05, 4.69) is 21.1 Å². The summed E-state index contributed by atoms with van der Waals surface area (Å²) in [7, 11) is 0. The number of nitrogens with zero attached hydrogens (tertiary/aromatic N) is 1. The molecule has 0 radical (unpaired) electrons. The van der Waals surface area contributed by atoms with Crippen LogP contribution in [0.15, 0.2) is 9.00 Å². The van der Waals surface area contributed by atoms with Crippen LogP contribution in [0.5, 0.6) is 0 Å². The van der Waals surface area contributed by atoms with E-state index >= 15 is 0 Å². The number of rotatable bonds is 2. The first-order valence-corrected chi connectivity index (χ1v) is 4.25. The Labute approximate surface area is 78.0 Å². The lowest BCUT2D eigenvalue weighted by Gasteiger charge is -1.95. The maximum Gasteiger partial charge on any atom is 0.361 e. The molecule has 0 fully saturated rings. The van der Waals surface area contributed by atoms with E-state index in [1.165, 1.54) is 0 Å². The number of hydrogen-bond acceptors (Lipinski definition) is 4. The SMILES string of the molecule is CCOC(=O)c1noc(C)c1Br. The molecule has 0 amide bonds. The Morgan fingerprint density at radius 3 is 2.83 bits per heavy atom.